The van der Waals surface area contributed by atoms with Gasteiger partial charge in [-0.2, -0.15) is 0 Å². The molecule has 0 bridgehead atoms. The van der Waals surface area contributed by atoms with Gasteiger partial charge in [-0.3, -0.25) is 5.84 Å². The molecule has 0 aromatic rings. The summed E-state index contributed by atoms with van der Waals surface area (Å²) < 4.78 is 0. The maximum absolute atomic E-state index is 5.46. The standard InChI is InChI=1S/C12H21N3/c1-4-6-11(9-10(3)5-2)12(15-14)7-8-13/h5-7,9,15H,2,4,8,13-14H2,1,3H3/b10-9-,11-6+,12-7-. The smallest absolute Gasteiger partial charge is 0.0527 e. The first-order valence-corrected chi connectivity index (χ1v) is 5.07. The summed E-state index contributed by atoms with van der Waals surface area (Å²) in [6, 6.07) is 0. The lowest BCUT2D eigenvalue weighted by Crippen LogP contribution is -2.23. The van der Waals surface area contributed by atoms with Crippen LogP contribution < -0.4 is 17.0 Å². The van der Waals surface area contributed by atoms with Gasteiger partial charge < -0.3 is 11.2 Å². The van der Waals surface area contributed by atoms with Crippen LogP contribution in [0.15, 0.2) is 47.7 Å². The van der Waals surface area contributed by atoms with Crippen LogP contribution in [-0.4, -0.2) is 6.54 Å². The molecular weight excluding hydrogens is 186 g/mol. The van der Waals surface area contributed by atoms with Crippen molar-refractivity contribution in [2.45, 2.75) is 20.3 Å². The highest BCUT2D eigenvalue weighted by molar-refractivity contribution is 5.41. The number of rotatable bonds is 6. The number of hydrogen-bond donors (Lipinski definition) is 3. The molecule has 0 rings (SSSR count). The zero-order valence-corrected chi connectivity index (χ0v) is 9.59. The van der Waals surface area contributed by atoms with Gasteiger partial charge in [0.15, 0.2) is 0 Å². The van der Waals surface area contributed by atoms with Gasteiger partial charge in [0.2, 0.25) is 0 Å². The molecule has 0 heterocycles. The Morgan fingerprint density at radius 2 is 2.07 bits per heavy atom. The van der Waals surface area contributed by atoms with Crippen molar-refractivity contribution in [3.05, 3.63) is 47.7 Å². The van der Waals surface area contributed by atoms with Gasteiger partial charge in [-0.15, -0.1) is 0 Å². The van der Waals surface area contributed by atoms with E-state index in [1.165, 1.54) is 0 Å². The van der Waals surface area contributed by atoms with Crippen molar-refractivity contribution in [3.63, 3.8) is 0 Å². The average molecular weight is 207 g/mol. The van der Waals surface area contributed by atoms with E-state index in [1.54, 1.807) is 6.08 Å². The van der Waals surface area contributed by atoms with Gasteiger partial charge in [-0.1, -0.05) is 37.3 Å². The second-order valence-electron chi connectivity index (χ2n) is 3.16. The Morgan fingerprint density at radius 1 is 1.40 bits per heavy atom. The van der Waals surface area contributed by atoms with E-state index in [0.717, 1.165) is 23.3 Å². The van der Waals surface area contributed by atoms with Gasteiger partial charge >= 0.3 is 0 Å². The molecule has 0 unspecified atom stereocenters. The fourth-order valence-corrected chi connectivity index (χ4v) is 1.15. The fraction of sp³-hybridized carbons (Fsp3) is 0.333. The lowest BCUT2D eigenvalue weighted by atomic mass is 10.1. The van der Waals surface area contributed by atoms with Crippen molar-refractivity contribution in [1.82, 2.24) is 5.43 Å². The lowest BCUT2D eigenvalue weighted by molar-refractivity contribution is 0.891. The SMILES string of the molecule is C=C\C(C)=C/C(=C\CC)C(=C/CN)/NN. The van der Waals surface area contributed by atoms with Crippen molar-refractivity contribution >= 4 is 0 Å². The van der Waals surface area contributed by atoms with Gasteiger partial charge in [0, 0.05) is 6.54 Å². The van der Waals surface area contributed by atoms with Gasteiger partial charge in [0.25, 0.3) is 0 Å². The summed E-state index contributed by atoms with van der Waals surface area (Å²) in [6.45, 7) is 8.24. The quantitative estimate of drug-likeness (QED) is 0.353. The minimum atomic E-state index is 0.460. The van der Waals surface area contributed by atoms with Crippen molar-refractivity contribution in [2.24, 2.45) is 11.6 Å². The van der Waals surface area contributed by atoms with Gasteiger partial charge in [0.05, 0.1) is 5.70 Å². The number of hydrazine groups is 1. The first-order chi connectivity index (χ1) is 7.19. The maximum atomic E-state index is 5.46. The minimum Gasteiger partial charge on any atom is -0.327 e. The Morgan fingerprint density at radius 3 is 2.47 bits per heavy atom. The summed E-state index contributed by atoms with van der Waals surface area (Å²) in [4.78, 5) is 0. The monoisotopic (exact) mass is 207 g/mol. The highest BCUT2D eigenvalue weighted by Crippen LogP contribution is 2.12. The lowest BCUT2D eigenvalue weighted by Gasteiger charge is -2.08. The van der Waals surface area contributed by atoms with Crippen molar-refractivity contribution in [2.75, 3.05) is 6.54 Å². The van der Waals surface area contributed by atoms with Crippen LogP contribution in [0.4, 0.5) is 0 Å². The van der Waals surface area contributed by atoms with Crippen molar-refractivity contribution in [3.8, 4) is 0 Å². The van der Waals surface area contributed by atoms with Crippen LogP contribution in [0, 0.1) is 0 Å². The largest absolute Gasteiger partial charge is 0.327 e. The Balaban J connectivity index is 5.04. The molecule has 0 aliphatic heterocycles. The number of hydrogen-bond acceptors (Lipinski definition) is 3. The third-order valence-corrected chi connectivity index (χ3v) is 1.92. The first-order valence-electron chi connectivity index (χ1n) is 5.07. The number of nitrogens with one attached hydrogen (secondary N) is 1. The summed E-state index contributed by atoms with van der Waals surface area (Å²) >= 11 is 0. The number of allylic oxidation sites excluding steroid dienone is 4. The molecule has 0 amide bonds. The fourth-order valence-electron chi connectivity index (χ4n) is 1.15. The molecule has 0 atom stereocenters. The molecule has 0 fully saturated rings. The molecule has 0 aliphatic rings. The molecule has 3 heteroatoms. The first kappa shape index (κ1) is 13.7. The summed E-state index contributed by atoms with van der Waals surface area (Å²) in [5.74, 6) is 5.44. The third-order valence-electron chi connectivity index (χ3n) is 1.92. The Hall–Kier alpha value is -1.32. The molecule has 15 heavy (non-hydrogen) atoms. The summed E-state index contributed by atoms with van der Waals surface area (Å²) in [7, 11) is 0. The molecule has 84 valence electrons. The van der Waals surface area contributed by atoms with E-state index in [0.29, 0.717) is 6.54 Å². The zero-order valence-electron chi connectivity index (χ0n) is 9.59. The van der Waals surface area contributed by atoms with Crippen LogP contribution in [0.3, 0.4) is 0 Å². The van der Waals surface area contributed by atoms with Crippen LogP contribution >= 0.6 is 0 Å². The third kappa shape index (κ3) is 5.20. The summed E-state index contributed by atoms with van der Waals surface area (Å²) in [5, 5.41) is 0. The Kier molecular flexibility index (Phi) is 7.32. The Labute approximate surface area is 92.2 Å². The van der Waals surface area contributed by atoms with E-state index >= 15 is 0 Å². The highest BCUT2D eigenvalue weighted by atomic mass is 15.2. The molecule has 0 aliphatic carbocycles. The molecule has 0 aromatic carbocycles. The number of nitrogens with two attached hydrogens (primary N) is 2. The minimum absolute atomic E-state index is 0.460. The van der Waals surface area contributed by atoms with E-state index in [-0.39, 0.29) is 0 Å². The topological polar surface area (TPSA) is 64.1 Å². The second kappa shape index (κ2) is 8.03. The summed E-state index contributed by atoms with van der Waals surface area (Å²) in [6.07, 6.45) is 8.72. The van der Waals surface area contributed by atoms with Crippen molar-refractivity contribution < 1.29 is 0 Å². The normalized spacial score (nSPS) is 14.0. The van der Waals surface area contributed by atoms with E-state index in [1.807, 2.05) is 19.1 Å². The maximum Gasteiger partial charge on any atom is 0.0527 e. The van der Waals surface area contributed by atoms with Crippen LogP contribution in [-0.2, 0) is 0 Å². The van der Waals surface area contributed by atoms with Crippen LogP contribution in [0.5, 0.6) is 0 Å². The highest BCUT2D eigenvalue weighted by Gasteiger charge is 1.99. The second-order valence-corrected chi connectivity index (χ2v) is 3.16. The molecule has 0 spiro atoms. The predicted octanol–water partition coefficient (Wildman–Crippen LogP) is 1.76. The molecule has 0 radical (unpaired) electrons. The van der Waals surface area contributed by atoms with E-state index in [4.69, 9.17) is 11.6 Å². The molecule has 5 N–H and O–H groups in total. The molecule has 0 aromatic heterocycles. The summed E-state index contributed by atoms with van der Waals surface area (Å²) in [5.41, 5.74) is 11.1. The van der Waals surface area contributed by atoms with Crippen LogP contribution in [0.25, 0.3) is 0 Å². The predicted molar refractivity (Wildman–Crippen MR) is 66.8 cm³/mol. The van der Waals surface area contributed by atoms with Crippen molar-refractivity contribution in [1.29, 1.82) is 0 Å². The van der Waals surface area contributed by atoms with E-state index < -0.39 is 0 Å². The molecule has 0 saturated carbocycles. The van der Waals surface area contributed by atoms with Gasteiger partial charge in [-0.25, -0.2) is 0 Å². The van der Waals surface area contributed by atoms with Crippen LogP contribution in [0.1, 0.15) is 20.3 Å². The Bertz CT molecular complexity index is 285. The zero-order chi connectivity index (χ0) is 11.7. The average Bonchev–Trinajstić information content (AvgIpc) is 2.25. The molecular formula is C12H21N3. The van der Waals surface area contributed by atoms with Crippen LogP contribution in [0.2, 0.25) is 0 Å². The van der Waals surface area contributed by atoms with Gasteiger partial charge in [-0.05, 0) is 25.0 Å². The van der Waals surface area contributed by atoms with E-state index in [9.17, 15) is 0 Å². The molecule has 3 nitrogen and oxygen atoms in total. The van der Waals surface area contributed by atoms with E-state index in [2.05, 4.69) is 25.0 Å². The van der Waals surface area contributed by atoms with Gasteiger partial charge in [0.1, 0.15) is 0 Å². The molecule has 0 saturated heterocycles.